The van der Waals surface area contributed by atoms with Crippen LogP contribution in [0.3, 0.4) is 0 Å². The van der Waals surface area contributed by atoms with Gasteiger partial charge in [-0.3, -0.25) is 4.79 Å². The van der Waals surface area contributed by atoms with Crippen LogP contribution in [0.15, 0.2) is 53.6 Å². The molecule has 7 heteroatoms. The number of nitrogens with one attached hydrogen (secondary N) is 1. The Hall–Kier alpha value is -1.63. The third kappa shape index (κ3) is 12.0. The third-order valence-corrected chi connectivity index (χ3v) is 7.99. The fraction of sp³-hybridized carbons (Fsp3) is 0.516. The van der Waals surface area contributed by atoms with Crippen molar-refractivity contribution >= 4 is 51.9 Å². The van der Waals surface area contributed by atoms with E-state index in [0.29, 0.717) is 17.4 Å². The first-order valence-electron chi connectivity index (χ1n) is 13.9. The molecule has 210 valence electrons. The molecule has 0 aromatic heterocycles. The molecule has 0 bridgehead atoms. The van der Waals surface area contributed by atoms with Crippen LogP contribution in [0.25, 0.3) is 0 Å². The molecule has 1 aliphatic rings. The van der Waals surface area contributed by atoms with Crippen LogP contribution in [-0.2, 0) is 17.8 Å². The second-order valence-electron chi connectivity index (χ2n) is 9.97. The molecule has 2 aromatic carbocycles. The van der Waals surface area contributed by atoms with E-state index in [-0.39, 0.29) is 29.3 Å². The van der Waals surface area contributed by atoms with Gasteiger partial charge in [-0.25, -0.2) is 0 Å². The minimum absolute atomic E-state index is 0. The van der Waals surface area contributed by atoms with Crippen LogP contribution < -0.4 is 10.1 Å². The van der Waals surface area contributed by atoms with Crippen LogP contribution in [0.1, 0.15) is 89.2 Å². The zero-order chi connectivity index (χ0) is 26.3. The maximum Gasteiger partial charge on any atom is 0.228 e. The summed E-state index contributed by atoms with van der Waals surface area (Å²) >= 11 is 8.17. The molecule has 3 rings (SSSR count). The van der Waals surface area contributed by atoms with Crippen molar-refractivity contribution in [1.29, 1.82) is 0 Å². The van der Waals surface area contributed by atoms with Crippen LogP contribution in [0.2, 0.25) is 5.02 Å². The number of anilines is 1. The number of allylic oxidation sites excluding steroid dienone is 1. The number of carbonyl (C=O) groups is 1. The van der Waals surface area contributed by atoms with Gasteiger partial charge in [0.25, 0.3) is 0 Å². The smallest absolute Gasteiger partial charge is 0.228 e. The number of nitrogens with zero attached hydrogens (tertiary/aromatic N) is 1. The summed E-state index contributed by atoms with van der Waals surface area (Å²) in [5.74, 6) is 1.61. The minimum Gasteiger partial charge on any atom is -0.492 e. The third-order valence-electron chi connectivity index (χ3n) is 6.71. The van der Waals surface area contributed by atoms with Gasteiger partial charge in [-0.05, 0) is 54.1 Å². The lowest BCUT2D eigenvalue weighted by Crippen LogP contribution is -2.17. The largest absolute Gasteiger partial charge is 0.492 e. The molecular formula is C31H44BrClN2O2S. The van der Waals surface area contributed by atoms with Gasteiger partial charge in [0.1, 0.15) is 5.75 Å². The SMILES string of the molecule is Br.CCCCCCCCCCCCOc1cc(CC(=O)Nc2ccc(CN3CSC=C3C)cc2)ccc1Cl. The molecular weight excluding hydrogens is 580 g/mol. The zero-order valence-electron chi connectivity index (χ0n) is 23.0. The number of halogens is 2. The van der Waals surface area contributed by atoms with E-state index < -0.39 is 0 Å². The van der Waals surface area contributed by atoms with Gasteiger partial charge in [0, 0.05) is 17.9 Å². The quantitative estimate of drug-likeness (QED) is 0.178. The van der Waals surface area contributed by atoms with Gasteiger partial charge in [0.05, 0.1) is 23.9 Å². The molecule has 4 nitrogen and oxygen atoms in total. The van der Waals surface area contributed by atoms with Crippen molar-refractivity contribution in [3.8, 4) is 5.75 Å². The van der Waals surface area contributed by atoms with E-state index in [0.717, 1.165) is 30.1 Å². The number of unbranched alkanes of at least 4 members (excludes halogenated alkanes) is 9. The summed E-state index contributed by atoms with van der Waals surface area (Å²) in [5.41, 5.74) is 4.24. The van der Waals surface area contributed by atoms with E-state index in [4.69, 9.17) is 16.3 Å². The maximum atomic E-state index is 12.6. The fourth-order valence-electron chi connectivity index (χ4n) is 4.44. The van der Waals surface area contributed by atoms with Crippen LogP contribution in [0.4, 0.5) is 5.69 Å². The van der Waals surface area contributed by atoms with E-state index in [2.05, 4.69) is 41.6 Å². The van der Waals surface area contributed by atoms with Crippen molar-refractivity contribution in [2.24, 2.45) is 0 Å². The van der Waals surface area contributed by atoms with Gasteiger partial charge >= 0.3 is 0 Å². The average molecular weight is 624 g/mol. The molecule has 0 spiro atoms. The Bertz CT molecular complexity index is 1000. The van der Waals surface area contributed by atoms with Crippen LogP contribution in [0, 0.1) is 0 Å². The molecule has 0 fully saturated rings. The van der Waals surface area contributed by atoms with Gasteiger partial charge in [-0.1, -0.05) is 94.5 Å². The number of carbonyl (C=O) groups excluding carboxylic acids is 1. The van der Waals surface area contributed by atoms with E-state index in [1.165, 1.54) is 69.0 Å². The molecule has 0 unspecified atom stereocenters. The lowest BCUT2D eigenvalue weighted by atomic mass is 10.1. The summed E-state index contributed by atoms with van der Waals surface area (Å²) in [6.07, 6.45) is 13.2. The highest BCUT2D eigenvalue weighted by Crippen LogP contribution is 2.27. The molecule has 38 heavy (non-hydrogen) atoms. The van der Waals surface area contributed by atoms with Crippen molar-refractivity contribution < 1.29 is 9.53 Å². The highest BCUT2D eigenvalue weighted by molar-refractivity contribution is 8.93. The summed E-state index contributed by atoms with van der Waals surface area (Å²) in [5, 5.41) is 5.79. The lowest BCUT2D eigenvalue weighted by Gasteiger charge is -2.19. The van der Waals surface area contributed by atoms with Crippen molar-refractivity contribution in [1.82, 2.24) is 4.90 Å². The molecule has 2 aromatic rings. The van der Waals surface area contributed by atoms with Gasteiger partial charge in [0.15, 0.2) is 0 Å². The molecule has 1 heterocycles. The van der Waals surface area contributed by atoms with Crippen LogP contribution in [-0.4, -0.2) is 23.3 Å². The molecule has 1 amide bonds. The highest BCUT2D eigenvalue weighted by Gasteiger charge is 2.12. The fourth-order valence-corrected chi connectivity index (χ4v) is 5.55. The number of amides is 1. The maximum absolute atomic E-state index is 12.6. The summed E-state index contributed by atoms with van der Waals surface area (Å²) < 4.78 is 5.95. The molecule has 0 atom stereocenters. The summed E-state index contributed by atoms with van der Waals surface area (Å²) in [6.45, 7) is 5.94. The van der Waals surface area contributed by atoms with E-state index in [1.807, 2.05) is 42.1 Å². The monoisotopic (exact) mass is 622 g/mol. The number of benzene rings is 2. The Morgan fingerprint density at radius 2 is 1.58 bits per heavy atom. The van der Waals surface area contributed by atoms with Gasteiger partial charge < -0.3 is 15.0 Å². The van der Waals surface area contributed by atoms with Crippen LogP contribution >= 0.6 is 40.3 Å². The Kier molecular flexibility index (Phi) is 16.0. The predicted octanol–water partition coefficient (Wildman–Crippen LogP) is 9.77. The summed E-state index contributed by atoms with van der Waals surface area (Å²) in [7, 11) is 0. The number of ether oxygens (including phenoxy) is 1. The number of rotatable bonds is 17. The predicted molar refractivity (Wildman–Crippen MR) is 170 cm³/mol. The van der Waals surface area contributed by atoms with Gasteiger partial charge in [0.2, 0.25) is 5.91 Å². The van der Waals surface area contributed by atoms with E-state index in [1.54, 1.807) is 0 Å². The Labute approximate surface area is 249 Å². The van der Waals surface area contributed by atoms with E-state index in [9.17, 15) is 4.79 Å². The second-order valence-corrected chi connectivity index (χ2v) is 11.2. The van der Waals surface area contributed by atoms with E-state index >= 15 is 0 Å². The Balaban J connectivity index is 0.00000507. The standard InChI is InChI=1S/C31H43ClN2O2S.BrH/c1-3-4-5-6-7-8-9-10-11-12-19-36-30-20-27(15-18-29(30)32)21-31(35)33-28-16-13-26(14-17-28)22-34-24-37-23-25(34)2;/h13-18,20,23H,3-12,19,21-22,24H2,1-2H3,(H,33,35);1H. The van der Waals surface area contributed by atoms with Crippen LogP contribution in [0.5, 0.6) is 5.75 Å². The first-order valence-corrected chi connectivity index (χ1v) is 15.3. The average Bonchev–Trinajstić information content (AvgIpc) is 3.29. The van der Waals surface area contributed by atoms with Gasteiger partial charge in [-0.15, -0.1) is 28.7 Å². The molecule has 0 radical (unpaired) electrons. The molecule has 0 saturated heterocycles. The molecule has 0 aliphatic carbocycles. The first kappa shape index (κ1) is 32.6. The molecule has 1 N–H and O–H groups in total. The Morgan fingerprint density at radius 3 is 2.21 bits per heavy atom. The summed E-state index contributed by atoms with van der Waals surface area (Å²) in [6, 6.07) is 13.7. The minimum atomic E-state index is -0.0505. The first-order chi connectivity index (χ1) is 18.0. The normalized spacial score (nSPS) is 12.7. The van der Waals surface area contributed by atoms with Crippen molar-refractivity contribution in [3.05, 3.63) is 69.7 Å². The van der Waals surface area contributed by atoms with Crippen molar-refractivity contribution in [2.75, 3.05) is 17.8 Å². The zero-order valence-corrected chi connectivity index (χ0v) is 26.3. The molecule has 1 aliphatic heterocycles. The second kappa shape index (κ2) is 18.6. The number of hydrogen-bond acceptors (Lipinski definition) is 4. The molecule has 0 saturated carbocycles. The van der Waals surface area contributed by atoms with Gasteiger partial charge in [-0.2, -0.15) is 0 Å². The summed E-state index contributed by atoms with van der Waals surface area (Å²) in [4.78, 5) is 15.0. The highest BCUT2D eigenvalue weighted by atomic mass is 79.9. The Morgan fingerprint density at radius 1 is 0.947 bits per heavy atom. The van der Waals surface area contributed by atoms with Crippen molar-refractivity contribution in [2.45, 2.75) is 91.0 Å². The lowest BCUT2D eigenvalue weighted by molar-refractivity contribution is -0.115. The topological polar surface area (TPSA) is 41.6 Å². The number of hydrogen-bond donors (Lipinski definition) is 1. The van der Waals surface area contributed by atoms with Crippen molar-refractivity contribution in [3.63, 3.8) is 0 Å². The number of thioether (sulfide) groups is 1.